The molecule has 0 aliphatic carbocycles. The average molecular weight is 492 g/mol. The molecule has 34 heavy (non-hydrogen) atoms. The first-order valence-corrected chi connectivity index (χ1v) is 13.1. The number of amides is 1. The number of nitrogens with one attached hydrogen (secondary N) is 1. The Balaban J connectivity index is 1.33. The van der Waals surface area contributed by atoms with E-state index in [1.807, 2.05) is 36.4 Å². The number of anilines is 1. The van der Waals surface area contributed by atoms with E-state index < -0.39 is 0 Å². The number of rotatable bonds is 5. The summed E-state index contributed by atoms with van der Waals surface area (Å²) < 4.78 is 12.0. The molecule has 0 saturated carbocycles. The molecule has 2 aromatic carbocycles. The topological polar surface area (TPSA) is 63.7 Å². The highest BCUT2D eigenvalue weighted by Crippen LogP contribution is 2.46. The van der Waals surface area contributed by atoms with Gasteiger partial charge in [0.25, 0.3) is 0 Å². The van der Waals surface area contributed by atoms with Crippen LogP contribution < -0.4 is 14.8 Å². The number of thiophene rings is 1. The first-order valence-electron chi connectivity index (χ1n) is 11.5. The Labute approximate surface area is 206 Å². The Morgan fingerprint density at radius 2 is 2.00 bits per heavy atom. The number of nitrogens with zero attached hydrogens (tertiary/aromatic N) is 2. The summed E-state index contributed by atoms with van der Waals surface area (Å²) in [5.41, 5.74) is 4.33. The van der Waals surface area contributed by atoms with Gasteiger partial charge >= 0.3 is 0 Å². The van der Waals surface area contributed by atoms with Crippen LogP contribution in [0.3, 0.4) is 0 Å². The number of benzene rings is 2. The monoisotopic (exact) mass is 491 g/mol. The molecule has 0 atom stereocenters. The molecule has 6 rings (SSSR count). The molecule has 0 spiro atoms. The third-order valence-electron chi connectivity index (χ3n) is 6.38. The van der Waals surface area contributed by atoms with Gasteiger partial charge in [0.05, 0.1) is 16.6 Å². The summed E-state index contributed by atoms with van der Waals surface area (Å²) in [6.45, 7) is 6.63. The minimum Gasteiger partial charge on any atom is -0.454 e. The fraction of sp³-hybridized carbons (Fsp3) is 0.308. The molecule has 0 unspecified atom stereocenters. The van der Waals surface area contributed by atoms with Crippen molar-refractivity contribution in [1.82, 2.24) is 9.88 Å². The highest BCUT2D eigenvalue weighted by atomic mass is 32.1. The van der Waals surface area contributed by atoms with Crippen molar-refractivity contribution >= 4 is 43.8 Å². The molecule has 6 nitrogen and oxygen atoms in total. The second-order valence-corrected chi connectivity index (χ2v) is 11.1. The van der Waals surface area contributed by atoms with Crippen LogP contribution in [0.15, 0.2) is 42.5 Å². The van der Waals surface area contributed by atoms with E-state index in [4.69, 9.17) is 14.5 Å². The summed E-state index contributed by atoms with van der Waals surface area (Å²) in [6, 6.07) is 14.4. The van der Waals surface area contributed by atoms with E-state index in [1.54, 1.807) is 22.7 Å². The lowest BCUT2D eigenvalue weighted by Gasteiger charge is -2.30. The Bertz CT molecular complexity index is 1360. The number of carbonyl (C=O) groups is 1. The Morgan fingerprint density at radius 3 is 2.85 bits per heavy atom. The predicted octanol–water partition coefficient (Wildman–Crippen LogP) is 5.70. The molecule has 0 saturated heterocycles. The molecular weight excluding hydrogens is 466 g/mol. The minimum absolute atomic E-state index is 0.0412. The molecule has 2 aliphatic rings. The van der Waals surface area contributed by atoms with Crippen LogP contribution in [0.2, 0.25) is 0 Å². The SMILES string of the molecule is CC(C)N1CCc2c(sc(NC(=O)Cc3ccc4c(c3)OCO4)c2-c2nc3ccccc3s2)C1. The lowest BCUT2D eigenvalue weighted by atomic mass is 10.0. The molecular formula is C26H25N3O3S2. The van der Waals surface area contributed by atoms with E-state index in [0.29, 0.717) is 11.8 Å². The van der Waals surface area contributed by atoms with E-state index in [0.717, 1.165) is 56.6 Å². The maximum Gasteiger partial charge on any atom is 0.231 e. The van der Waals surface area contributed by atoms with E-state index in [2.05, 4.69) is 30.1 Å². The summed E-state index contributed by atoms with van der Waals surface area (Å²) >= 11 is 3.39. The largest absolute Gasteiger partial charge is 0.454 e. The lowest BCUT2D eigenvalue weighted by Crippen LogP contribution is -2.35. The smallest absolute Gasteiger partial charge is 0.231 e. The van der Waals surface area contributed by atoms with Gasteiger partial charge in [0.1, 0.15) is 10.0 Å². The van der Waals surface area contributed by atoms with Gasteiger partial charge in [-0.25, -0.2) is 4.98 Å². The summed E-state index contributed by atoms with van der Waals surface area (Å²) in [4.78, 5) is 21.9. The highest BCUT2D eigenvalue weighted by molar-refractivity contribution is 7.22. The zero-order chi connectivity index (χ0) is 23.2. The van der Waals surface area contributed by atoms with Crippen LogP contribution >= 0.6 is 22.7 Å². The summed E-state index contributed by atoms with van der Waals surface area (Å²) in [7, 11) is 0. The quantitative estimate of drug-likeness (QED) is 0.388. The van der Waals surface area contributed by atoms with Crippen molar-refractivity contribution in [3.63, 3.8) is 0 Å². The van der Waals surface area contributed by atoms with Crippen molar-refractivity contribution in [2.45, 2.75) is 39.3 Å². The fourth-order valence-corrected chi connectivity index (χ4v) is 6.96. The van der Waals surface area contributed by atoms with Gasteiger partial charge in [0.2, 0.25) is 12.7 Å². The standard InChI is InChI=1S/C26H25N3O3S2/c1-15(2)29-10-9-17-22(13-29)34-26(24(17)25-27-18-5-3-4-6-21(18)33-25)28-23(30)12-16-7-8-19-20(11-16)32-14-31-19/h3-8,11,15H,9-10,12-14H2,1-2H3,(H,28,30). The predicted molar refractivity (Wildman–Crippen MR) is 137 cm³/mol. The van der Waals surface area contributed by atoms with Gasteiger partial charge in [-0.1, -0.05) is 18.2 Å². The Kier molecular flexibility index (Phi) is 5.51. The molecule has 1 N–H and O–H groups in total. The molecule has 0 fully saturated rings. The first-order chi connectivity index (χ1) is 16.5. The van der Waals surface area contributed by atoms with Gasteiger partial charge in [0, 0.05) is 29.6 Å². The van der Waals surface area contributed by atoms with Crippen molar-refractivity contribution in [2.24, 2.45) is 0 Å². The van der Waals surface area contributed by atoms with Gasteiger partial charge < -0.3 is 14.8 Å². The normalized spacial score (nSPS) is 15.1. The molecule has 0 radical (unpaired) electrons. The summed E-state index contributed by atoms with van der Waals surface area (Å²) in [6.07, 6.45) is 1.24. The molecule has 1 amide bonds. The number of thiazole rings is 1. The van der Waals surface area contributed by atoms with Gasteiger partial charge in [-0.15, -0.1) is 22.7 Å². The number of hydrogen-bond acceptors (Lipinski definition) is 7. The van der Waals surface area contributed by atoms with Gasteiger partial charge in [-0.2, -0.15) is 0 Å². The number of fused-ring (bicyclic) bond motifs is 3. The number of hydrogen-bond donors (Lipinski definition) is 1. The van der Waals surface area contributed by atoms with E-state index in [-0.39, 0.29) is 19.1 Å². The van der Waals surface area contributed by atoms with Crippen molar-refractivity contribution in [3.8, 4) is 22.1 Å². The fourth-order valence-electron chi connectivity index (χ4n) is 4.56. The molecule has 4 aromatic rings. The summed E-state index contributed by atoms with van der Waals surface area (Å²) in [5.74, 6) is 1.38. The van der Waals surface area contributed by atoms with E-state index >= 15 is 0 Å². The van der Waals surface area contributed by atoms with E-state index in [1.165, 1.54) is 10.4 Å². The average Bonchev–Trinajstić information content (AvgIpc) is 3.53. The van der Waals surface area contributed by atoms with Gasteiger partial charge in [0.15, 0.2) is 11.5 Å². The maximum absolute atomic E-state index is 13.1. The molecule has 2 aliphatic heterocycles. The van der Waals surface area contributed by atoms with Crippen molar-refractivity contribution in [3.05, 3.63) is 58.5 Å². The number of para-hydroxylation sites is 1. The molecule has 0 bridgehead atoms. The Hall–Kier alpha value is -2.94. The molecule has 4 heterocycles. The van der Waals surface area contributed by atoms with Crippen LogP contribution in [-0.2, 0) is 24.2 Å². The van der Waals surface area contributed by atoms with Crippen molar-refractivity contribution < 1.29 is 14.3 Å². The van der Waals surface area contributed by atoms with Crippen LogP contribution in [0.1, 0.15) is 29.9 Å². The number of ether oxygens (including phenoxy) is 2. The van der Waals surface area contributed by atoms with Crippen LogP contribution in [0, 0.1) is 0 Å². The highest BCUT2D eigenvalue weighted by Gasteiger charge is 2.28. The second-order valence-electron chi connectivity index (χ2n) is 8.92. The van der Waals surface area contributed by atoms with E-state index in [9.17, 15) is 4.79 Å². The van der Waals surface area contributed by atoms with Crippen LogP contribution in [-0.4, -0.2) is 35.2 Å². The summed E-state index contributed by atoms with van der Waals surface area (Å²) in [5, 5.41) is 5.11. The zero-order valence-electron chi connectivity index (χ0n) is 19.1. The number of aromatic nitrogens is 1. The van der Waals surface area contributed by atoms with Gasteiger partial charge in [-0.05, 0) is 55.7 Å². The maximum atomic E-state index is 13.1. The van der Waals surface area contributed by atoms with Crippen LogP contribution in [0.4, 0.5) is 5.00 Å². The Morgan fingerprint density at radius 1 is 1.15 bits per heavy atom. The zero-order valence-corrected chi connectivity index (χ0v) is 20.7. The molecule has 8 heteroatoms. The minimum atomic E-state index is -0.0412. The molecule has 2 aromatic heterocycles. The van der Waals surface area contributed by atoms with Crippen molar-refractivity contribution in [2.75, 3.05) is 18.7 Å². The van der Waals surface area contributed by atoms with Gasteiger partial charge in [-0.3, -0.25) is 9.69 Å². The third-order valence-corrected chi connectivity index (χ3v) is 8.57. The first kappa shape index (κ1) is 21.6. The molecule has 174 valence electrons. The van der Waals surface area contributed by atoms with Crippen molar-refractivity contribution in [1.29, 1.82) is 0 Å². The van der Waals surface area contributed by atoms with Crippen LogP contribution in [0.5, 0.6) is 11.5 Å². The van der Waals surface area contributed by atoms with Crippen LogP contribution in [0.25, 0.3) is 20.8 Å². The number of carbonyl (C=O) groups excluding carboxylic acids is 1. The third kappa shape index (κ3) is 3.96. The second kappa shape index (κ2) is 8.69. The lowest BCUT2D eigenvalue weighted by molar-refractivity contribution is -0.115.